The van der Waals surface area contributed by atoms with Gasteiger partial charge < -0.3 is 10.5 Å². The van der Waals surface area contributed by atoms with Crippen molar-refractivity contribution in [3.05, 3.63) is 0 Å². The van der Waals surface area contributed by atoms with Crippen LogP contribution < -0.4 is 5.73 Å². The Labute approximate surface area is 74.5 Å². The van der Waals surface area contributed by atoms with Gasteiger partial charge in [-0.2, -0.15) is 0 Å². The maximum absolute atomic E-state index is 6.07. The predicted octanol–water partition coefficient (Wildman–Crippen LogP) is 1.68. The first-order chi connectivity index (χ1) is 5.79. The van der Waals surface area contributed by atoms with Crippen LogP contribution in [0.4, 0.5) is 0 Å². The molecular weight excluding hydrogens is 150 g/mol. The van der Waals surface area contributed by atoms with Gasteiger partial charge in [0.25, 0.3) is 0 Å². The summed E-state index contributed by atoms with van der Waals surface area (Å²) in [5.74, 6) is 0. The average molecular weight is 169 g/mol. The first-order valence-corrected chi connectivity index (χ1v) is 5.08. The monoisotopic (exact) mass is 169 g/mol. The fourth-order valence-electron chi connectivity index (χ4n) is 3.01. The maximum Gasteiger partial charge on any atom is 0.0657 e. The fraction of sp³-hybridized carbons (Fsp3) is 1.00. The van der Waals surface area contributed by atoms with Crippen LogP contribution in [0.15, 0.2) is 0 Å². The number of methoxy groups -OCH3 is 1. The van der Waals surface area contributed by atoms with Gasteiger partial charge in [-0.1, -0.05) is 19.3 Å². The van der Waals surface area contributed by atoms with Gasteiger partial charge in [0.05, 0.1) is 6.10 Å². The van der Waals surface area contributed by atoms with Gasteiger partial charge >= 0.3 is 0 Å². The number of nitrogens with two attached hydrogens (primary N) is 1. The highest BCUT2D eigenvalue weighted by atomic mass is 16.5. The molecule has 2 unspecified atom stereocenters. The molecule has 1 spiro atoms. The molecule has 2 fully saturated rings. The molecule has 2 aliphatic rings. The zero-order chi connectivity index (χ0) is 8.60. The van der Waals surface area contributed by atoms with E-state index in [1.807, 2.05) is 7.11 Å². The molecule has 0 aromatic heterocycles. The van der Waals surface area contributed by atoms with E-state index in [9.17, 15) is 0 Å². The summed E-state index contributed by atoms with van der Waals surface area (Å²) in [5, 5.41) is 0. The Morgan fingerprint density at radius 2 is 1.92 bits per heavy atom. The van der Waals surface area contributed by atoms with Crippen molar-refractivity contribution < 1.29 is 4.74 Å². The molecule has 12 heavy (non-hydrogen) atoms. The molecule has 70 valence electrons. The summed E-state index contributed by atoms with van der Waals surface area (Å²) in [6.07, 6.45) is 8.25. The highest BCUT2D eigenvalue weighted by Gasteiger charge is 2.53. The summed E-state index contributed by atoms with van der Waals surface area (Å²) in [5.41, 5.74) is 6.46. The molecule has 0 saturated heterocycles. The van der Waals surface area contributed by atoms with Crippen LogP contribution >= 0.6 is 0 Å². The normalized spacial score (nSPS) is 39.5. The number of ether oxygens (including phenoxy) is 1. The minimum atomic E-state index is 0.382. The van der Waals surface area contributed by atoms with Crippen LogP contribution in [0.2, 0.25) is 0 Å². The Morgan fingerprint density at radius 1 is 1.25 bits per heavy atom. The smallest absolute Gasteiger partial charge is 0.0657 e. The van der Waals surface area contributed by atoms with Crippen LogP contribution in [0.5, 0.6) is 0 Å². The molecule has 2 rings (SSSR count). The summed E-state index contributed by atoms with van der Waals surface area (Å²) in [7, 11) is 1.83. The Balaban J connectivity index is 2.05. The van der Waals surface area contributed by atoms with Crippen LogP contribution in [0, 0.1) is 5.41 Å². The van der Waals surface area contributed by atoms with E-state index >= 15 is 0 Å². The maximum atomic E-state index is 6.07. The summed E-state index contributed by atoms with van der Waals surface area (Å²) in [6, 6.07) is 0.419. The van der Waals surface area contributed by atoms with Gasteiger partial charge in [-0.15, -0.1) is 0 Å². The van der Waals surface area contributed by atoms with Crippen molar-refractivity contribution in [2.24, 2.45) is 11.1 Å². The molecule has 0 aliphatic heterocycles. The first-order valence-electron chi connectivity index (χ1n) is 5.08. The minimum Gasteiger partial charge on any atom is -0.381 e. The van der Waals surface area contributed by atoms with Gasteiger partial charge in [-0.3, -0.25) is 0 Å². The van der Waals surface area contributed by atoms with Gasteiger partial charge in [-0.25, -0.2) is 0 Å². The fourth-order valence-corrected chi connectivity index (χ4v) is 3.01. The van der Waals surface area contributed by atoms with Crippen LogP contribution in [-0.4, -0.2) is 19.3 Å². The number of hydrogen-bond acceptors (Lipinski definition) is 2. The summed E-state index contributed by atoms with van der Waals surface area (Å²) in [6.45, 7) is 0. The SMILES string of the molecule is COC1CC(N)C12CCCCC2. The van der Waals surface area contributed by atoms with Crippen molar-refractivity contribution in [2.75, 3.05) is 7.11 Å². The van der Waals surface area contributed by atoms with E-state index in [1.165, 1.54) is 32.1 Å². The Hall–Kier alpha value is -0.0800. The number of rotatable bonds is 1. The molecule has 2 heteroatoms. The zero-order valence-electron chi connectivity index (χ0n) is 7.88. The second-order valence-electron chi connectivity index (χ2n) is 4.36. The molecule has 2 nitrogen and oxygen atoms in total. The van der Waals surface area contributed by atoms with Gasteiger partial charge in [0.1, 0.15) is 0 Å². The average Bonchev–Trinajstić information content (AvgIpc) is 2.15. The van der Waals surface area contributed by atoms with Gasteiger partial charge in [-0.05, 0) is 19.3 Å². The minimum absolute atomic E-state index is 0.382. The Morgan fingerprint density at radius 3 is 2.42 bits per heavy atom. The summed E-state index contributed by atoms with van der Waals surface area (Å²) >= 11 is 0. The van der Waals surface area contributed by atoms with E-state index in [0.29, 0.717) is 17.6 Å². The lowest BCUT2D eigenvalue weighted by molar-refractivity contribution is -0.126. The van der Waals surface area contributed by atoms with E-state index in [2.05, 4.69) is 0 Å². The van der Waals surface area contributed by atoms with Crippen LogP contribution in [0.3, 0.4) is 0 Å². The molecule has 2 aliphatic carbocycles. The highest BCUT2D eigenvalue weighted by Crippen LogP contribution is 2.51. The molecule has 0 bridgehead atoms. The van der Waals surface area contributed by atoms with E-state index in [4.69, 9.17) is 10.5 Å². The summed E-state index contributed by atoms with van der Waals surface area (Å²) < 4.78 is 5.47. The van der Waals surface area contributed by atoms with Crippen molar-refractivity contribution in [3.63, 3.8) is 0 Å². The third-order valence-corrected chi connectivity index (χ3v) is 3.92. The van der Waals surface area contributed by atoms with Crippen molar-refractivity contribution >= 4 is 0 Å². The van der Waals surface area contributed by atoms with Crippen LogP contribution in [-0.2, 0) is 4.74 Å². The van der Waals surface area contributed by atoms with E-state index in [0.717, 1.165) is 6.42 Å². The number of hydrogen-bond donors (Lipinski definition) is 1. The van der Waals surface area contributed by atoms with Crippen molar-refractivity contribution in [3.8, 4) is 0 Å². The van der Waals surface area contributed by atoms with E-state index in [-0.39, 0.29) is 0 Å². The standard InChI is InChI=1S/C10H19NO/c1-12-9-7-8(11)10(9)5-3-2-4-6-10/h8-9H,2-7,11H2,1H3. The molecular formula is C10H19NO. The highest BCUT2D eigenvalue weighted by molar-refractivity contribution is 5.07. The van der Waals surface area contributed by atoms with Crippen LogP contribution in [0.1, 0.15) is 38.5 Å². The molecule has 0 radical (unpaired) electrons. The molecule has 2 atom stereocenters. The lowest BCUT2D eigenvalue weighted by Gasteiger charge is -2.55. The zero-order valence-corrected chi connectivity index (χ0v) is 7.88. The third kappa shape index (κ3) is 1.01. The van der Waals surface area contributed by atoms with E-state index < -0.39 is 0 Å². The first kappa shape index (κ1) is 8.52. The third-order valence-electron chi connectivity index (χ3n) is 3.92. The molecule has 0 amide bonds. The van der Waals surface area contributed by atoms with Gasteiger partial charge in [0.15, 0.2) is 0 Å². The molecule has 0 aromatic carbocycles. The lowest BCUT2D eigenvalue weighted by atomic mass is 9.55. The topological polar surface area (TPSA) is 35.2 Å². The van der Waals surface area contributed by atoms with Gasteiger partial charge in [0, 0.05) is 18.6 Å². The molecule has 2 N–H and O–H groups in total. The summed E-state index contributed by atoms with van der Waals surface area (Å²) in [4.78, 5) is 0. The van der Waals surface area contributed by atoms with Crippen molar-refractivity contribution in [1.29, 1.82) is 0 Å². The molecule has 2 saturated carbocycles. The van der Waals surface area contributed by atoms with Gasteiger partial charge in [0.2, 0.25) is 0 Å². The van der Waals surface area contributed by atoms with Crippen molar-refractivity contribution in [2.45, 2.75) is 50.7 Å². The quantitative estimate of drug-likeness (QED) is 0.648. The van der Waals surface area contributed by atoms with Crippen LogP contribution in [0.25, 0.3) is 0 Å². The lowest BCUT2D eigenvalue weighted by Crippen LogP contribution is -2.62. The Kier molecular flexibility index (Phi) is 2.13. The van der Waals surface area contributed by atoms with Crippen molar-refractivity contribution in [1.82, 2.24) is 0 Å². The second kappa shape index (κ2) is 3.00. The second-order valence-corrected chi connectivity index (χ2v) is 4.36. The molecule has 0 heterocycles. The largest absolute Gasteiger partial charge is 0.381 e. The van der Waals surface area contributed by atoms with E-state index in [1.54, 1.807) is 0 Å². The predicted molar refractivity (Wildman–Crippen MR) is 48.9 cm³/mol. The molecule has 0 aromatic rings. The Bertz CT molecular complexity index is 163.